The minimum absolute atomic E-state index is 0.0402. The van der Waals surface area contributed by atoms with Gasteiger partial charge in [-0.2, -0.15) is 9.97 Å². The fourth-order valence-electron chi connectivity index (χ4n) is 3.47. The number of aromatic nitrogens is 2. The molecule has 0 spiro atoms. The Morgan fingerprint density at radius 2 is 1.76 bits per heavy atom. The van der Waals surface area contributed by atoms with E-state index in [1.807, 2.05) is 4.90 Å². The molecule has 0 aliphatic carbocycles. The number of nitrogen functional groups attached to an aromatic ring is 1. The SMILES string of the molecule is CCN1CCN(c2nc(N)c([N+](=O)[O-])c(N3CCC(C)CC3)n2)CC1. The Balaban J connectivity index is 1.89. The number of nitrogens with two attached hydrogens (primary N) is 1. The van der Waals surface area contributed by atoms with E-state index in [0.717, 1.165) is 58.7 Å². The number of nitrogens with zero attached hydrogens (tertiary/aromatic N) is 6. The fourth-order valence-corrected chi connectivity index (χ4v) is 3.47. The smallest absolute Gasteiger partial charge is 0.353 e. The quantitative estimate of drug-likeness (QED) is 0.641. The molecular weight excluding hydrogens is 322 g/mol. The van der Waals surface area contributed by atoms with E-state index in [1.54, 1.807) is 0 Å². The third-order valence-corrected chi connectivity index (χ3v) is 5.25. The van der Waals surface area contributed by atoms with Crippen molar-refractivity contribution < 1.29 is 4.92 Å². The zero-order valence-electron chi connectivity index (χ0n) is 15.0. The highest BCUT2D eigenvalue weighted by molar-refractivity contribution is 5.71. The number of anilines is 3. The number of rotatable bonds is 4. The molecule has 1 aromatic heterocycles. The van der Waals surface area contributed by atoms with Gasteiger partial charge in [0.2, 0.25) is 17.6 Å². The number of likely N-dealkylation sites (N-methyl/N-ethyl adjacent to an activating group) is 1. The van der Waals surface area contributed by atoms with Crippen LogP contribution in [0.3, 0.4) is 0 Å². The molecule has 25 heavy (non-hydrogen) atoms. The lowest BCUT2D eigenvalue weighted by Crippen LogP contribution is -2.47. The van der Waals surface area contributed by atoms with E-state index in [0.29, 0.717) is 17.7 Å². The minimum atomic E-state index is -0.457. The van der Waals surface area contributed by atoms with E-state index >= 15 is 0 Å². The lowest BCUT2D eigenvalue weighted by atomic mass is 9.99. The van der Waals surface area contributed by atoms with E-state index in [9.17, 15) is 10.1 Å². The van der Waals surface area contributed by atoms with Gasteiger partial charge >= 0.3 is 5.69 Å². The van der Waals surface area contributed by atoms with Gasteiger partial charge in [-0.3, -0.25) is 10.1 Å². The molecule has 1 aromatic rings. The normalized spacial score (nSPS) is 20.1. The van der Waals surface area contributed by atoms with Crippen LogP contribution >= 0.6 is 0 Å². The molecule has 2 N–H and O–H groups in total. The van der Waals surface area contributed by atoms with Gasteiger partial charge in [0.1, 0.15) is 0 Å². The average Bonchev–Trinajstić information content (AvgIpc) is 2.61. The summed E-state index contributed by atoms with van der Waals surface area (Å²) in [4.78, 5) is 26.3. The summed E-state index contributed by atoms with van der Waals surface area (Å²) in [5, 5.41) is 11.5. The lowest BCUT2D eigenvalue weighted by molar-refractivity contribution is -0.383. The van der Waals surface area contributed by atoms with Crippen molar-refractivity contribution in [2.24, 2.45) is 5.92 Å². The Kier molecular flexibility index (Phi) is 5.22. The van der Waals surface area contributed by atoms with Gasteiger partial charge in [-0.15, -0.1) is 0 Å². The molecule has 2 saturated heterocycles. The van der Waals surface area contributed by atoms with Crippen molar-refractivity contribution in [2.45, 2.75) is 26.7 Å². The van der Waals surface area contributed by atoms with Gasteiger partial charge in [0.15, 0.2) is 0 Å². The maximum Gasteiger partial charge on any atom is 0.353 e. The first kappa shape index (κ1) is 17.7. The van der Waals surface area contributed by atoms with Gasteiger partial charge < -0.3 is 20.4 Å². The van der Waals surface area contributed by atoms with E-state index in [-0.39, 0.29) is 11.5 Å². The number of hydrogen-bond acceptors (Lipinski definition) is 8. The van der Waals surface area contributed by atoms with Gasteiger partial charge in [0, 0.05) is 39.3 Å². The largest absolute Gasteiger partial charge is 0.378 e. The molecule has 0 unspecified atom stereocenters. The summed E-state index contributed by atoms with van der Waals surface area (Å²) in [6.07, 6.45) is 2.01. The number of hydrogen-bond donors (Lipinski definition) is 1. The molecule has 0 radical (unpaired) electrons. The highest BCUT2D eigenvalue weighted by atomic mass is 16.6. The maximum absolute atomic E-state index is 11.5. The predicted octanol–water partition coefficient (Wildman–Crippen LogP) is 1.35. The van der Waals surface area contributed by atoms with Gasteiger partial charge in [0.05, 0.1) is 4.92 Å². The second-order valence-corrected chi connectivity index (χ2v) is 6.93. The van der Waals surface area contributed by atoms with Crippen molar-refractivity contribution in [3.8, 4) is 0 Å². The molecular formula is C16H27N7O2. The maximum atomic E-state index is 11.5. The molecule has 0 atom stereocenters. The molecule has 3 rings (SSSR count). The summed E-state index contributed by atoms with van der Waals surface area (Å²) in [6.45, 7) is 10.4. The molecule has 2 fully saturated rings. The van der Waals surface area contributed by atoms with Crippen LogP contribution in [0.25, 0.3) is 0 Å². The van der Waals surface area contributed by atoms with Crippen LogP contribution in [0, 0.1) is 16.0 Å². The minimum Gasteiger partial charge on any atom is -0.378 e. The first-order chi connectivity index (χ1) is 12.0. The molecule has 0 amide bonds. The molecule has 138 valence electrons. The first-order valence-corrected chi connectivity index (χ1v) is 9.03. The molecule has 0 bridgehead atoms. The molecule has 2 aliphatic rings. The Morgan fingerprint density at radius 1 is 1.12 bits per heavy atom. The summed E-state index contributed by atoms with van der Waals surface area (Å²) in [7, 11) is 0. The topological polar surface area (TPSA) is 105 Å². The third-order valence-electron chi connectivity index (χ3n) is 5.25. The van der Waals surface area contributed by atoms with Crippen molar-refractivity contribution >= 4 is 23.3 Å². The zero-order valence-corrected chi connectivity index (χ0v) is 15.0. The second-order valence-electron chi connectivity index (χ2n) is 6.93. The van der Waals surface area contributed by atoms with Crippen LogP contribution in [0.15, 0.2) is 0 Å². The molecule has 9 heteroatoms. The van der Waals surface area contributed by atoms with Crippen molar-refractivity contribution in [1.82, 2.24) is 14.9 Å². The van der Waals surface area contributed by atoms with Gasteiger partial charge in [-0.05, 0) is 25.3 Å². The Hall–Kier alpha value is -2.16. The summed E-state index contributed by atoms with van der Waals surface area (Å²) in [6, 6.07) is 0. The van der Waals surface area contributed by atoms with E-state index in [4.69, 9.17) is 5.73 Å². The van der Waals surface area contributed by atoms with Crippen LogP contribution in [0.4, 0.5) is 23.3 Å². The summed E-state index contributed by atoms with van der Waals surface area (Å²) >= 11 is 0. The summed E-state index contributed by atoms with van der Waals surface area (Å²) in [5.41, 5.74) is 5.80. The van der Waals surface area contributed by atoms with Crippen LogP contribution in [0.2, 0.25) is 0 Å². The van der Waals surface area contributed by atoms with Crippen molar-refractivity contribution in [3.05, 3.63) is 10.1 Å². The second kappa shape index (κ2) is 7.38. The number of piperidine rings is 1. The molecule has 3 heterocycles. The lowest BCUT2D eigenvalue weighted by Gasteiger charge is -2.35. The first-order valence-electron chi connectivity index (χ1n) is 9.03. The standard InChI is InChI=1S/C16H27N7O2/c1-3-20-8-10-22(11-9-20)16-18-14(17)13(23(24)25)15(19-16)21-6-4-12(2)5-7-21/h12H,3-11H2,1-2H3,(H2,17,18,19). The van der Waals surface area contributed by atoms with Crippen molar-refractivity contribution in [2.75, 3.05) is 61.3 Å². The highest BCUT2D eigenvalue weighted by Gasteiger charge is 2.31. The summed E-state index contributed by atoms with van der Waals surface area (Å²) in [5.74, 6) is 1.47. The van der Waals surface area contributed by atoms with Gasteiger partial charge in [-0.1, -0.05) is 13.8 Å². The van der Waals surface area contributed by atoms with Crippen LogP contribution in [0.1, 0.15) is 26.7 Å². The van der Waals surface area contributed by atoms with Crippen LogP contribution in [0.5, 0.6) is 0 Å². The number of nitro groups is 1. The van der Waals surface area contributed by atoms with Crippen molar-refractivity contribution in [1.29, 1.82) is 0 Å². The van der Waals surface area contributed by atoms with E-state index in [1.165, 1.54) is 0 Å². The highest BCUT2D eigenvalue weighted by Crippen LogP contribution is 2.35. The number of piperazine rings is 1. The molecule has 0 aromatic carbocycles. The zero-order chi connectivity index (χ0) is 18.0. The third kappa shape index (κ3) is 3.76. The van der Waals surface area contributed by atoms with Crippen LogP contribution < -0.4 is 15.5 Å². The molecule has 9 nitrogen and oxygen atoms in total. The Morgan fingerprint density at radius 3 is 2.32 bits per heavy atom. The molecule has 2 aliphatic heterocycles. The van der Waals surface area contributed by atoms with Crippen molar-refractivity contribution in [3.63, 3.8) is 0 Å². The summed E-state index contributed by atoms with van der Waals surface area (Å²) < 4.78 is 0. The Bertz CT molecular complexity index is 623. The van der Waals surface area contributed by atoms with E-state index < -0.39 is 4.92 Å². The molecule has 0 saturated carbocycles. The van der Waals surface area contributed by atoms with Gasteiger partial charge in [-0.25, -0.2) is 0 Å². The van der Waals surface area contributed by atoms with E-state index in [2.05, 4.69) is 33.6 Å². The van der Waals surface area contributed by atoms with Crippen LogP contribution in [-0.4, -0.2) is 65.6 Å². The monoisotopic (exact) mass is 349 g/mol. The fraction of sp³-hybridized carbons (Fsp3) is 0.750. The average molecular weight is 349 g/mol. The predicted molar refractivity (Wildman–Crippen MR) is 98.0 cm³/mol. The van der Waals surface area contributed by atoms with Crippen LogP contribution in [-0.2, 0) is 0 Å². The Labute approximate surface area is 148 Å². The van der Waals surface area contributed by atoms with Gasteiger partial charge in [0.25, 0.3) is 0 Å².